The van der Waals surface area contributed by atoms with Crippen molar-refractivity contribution in [2.75, 3.05) is 7.11 Å². The van der Waals surface area contributed by atoms with Crippen molar-refractivity contribution in [2.45, 2.75) is 17.3 Å². The minimum absolute atomic E-state index is 0.106. The highest BCUT2D eigenvalue weighted by molar-refractivity contribution is 7.99. The molecule has 1 N–H and O–H groups in total. The summed E-state index contributed by atoms with van der Waals surface area (Å²) in [4.78, 5) is 19.8. The first-order valence-electron chi connectivity index (χ1n) is 8.77. The number of para-hydroxylation sites is 2. The zero-order valence-corrected chi connectivity index (χ0v) is 16.5. The van der Waals surface area contributed by atoms with Crippen molar-refractivity contribution in [2.24, 2.45) is 7.05 Å². The van der Waals surface area contributed by atoms with E-state index in [2.05, 4.69) is 20.2 Å². The largest absolute Gasteiger partial charge is 0.496 e. The minimum Gasteiger partial charge on any atom is -0.496 e. The van der Waals surface area contributed by atoms with Crippen LogP contribution in [-0.2, 0) is 7.05 Å². The number of nitrogens with zero attached hydrogens (tertiary/aromatic N) is 4. The first-order valence-corrected chi connectivity index (χ1v) is 9.65. The van der Waals surface area contributed by atoms with Crippen molar-refractivity contribution in [1.82, 2.24) is 24.7 Å². The third kappa shape index (κ3) is 3.27. The van der Waals surface area contributed by atoms with Crippen LogP contribution in [0.3, 0.4) is 0 Å². The normalized spacial score (nSPS) is 12.2. The second-order valence-corrected chi connectivity index (χ2v) is 7.60. The van der Waals surface area contributed by atoms with E-state index >= 15 is 0 Å². The first kappa shape index (κ1) is 18.2. The zero-order valence-electron chi connectivity index (χ0n) is 15.7. The van der Waals surface area contributed by atoms with Crippen molar-refractivity contribution >= 4 is 22.7 Å². The maximum absolute atomic E-state index is 12.3. The van der Waals surface area contributed by atoms with Crippen LogP contribution in [0, 0.1) is 0 Å². The maximum Gasteiger partial charge on any atom is 0.258 e. The molecule has 0 aliphatic rings. The van der Waals surface area contributed by atoms with Crippen molar-refractivity contribution < 1.29 is 4.74 Å². The van der Waals surface area contributed by atoms with Gasteiger partial charge in [0.25, 0.3) is 5.56 Å². The number of aromatic nitrogens is 5. The number of hydrogen-bond donors (Lipinski definition) is 1. The molecular weight excluding hydrogens is 374 g/mol. The molecule has 2 heterocycles. The second kappa shape index (κ2) is 7.47. The van der Waals surface area contributed by atoms with Gasteiger partial charge >= 0.3 is 0 Å². The van der Waals surface area contributed by atoms with E-state index < -0.39 is 0 Å². The smallest absolute Gasteiger partial charge is 0.258 e. The average molecular weight is 393 g/mol. The van der Waals surface area contributed by atoms with Gasteiger partial charge in [0, 0.05) is 7.05 Å². The summed E-state index contributed by atoms with van der Waals surface area (Å²) < 4.78 is 7.35. The second-order valence-electron chi connectivity index (χ2n) is 6.29. The summed E-state index contributed by atoms with van der Waals surface area (Å²) in [6.07, 6.45) is 0. The highest BCUT2D eigenvalue weighted by Crippen LogP contribution is 2.35. The fourth-order valence-corrected chi connectivity index (χ4v) is 3.86. The number of rotatable bonds is 5. The van der Waals surface area contributed by atoms with Gasteiger partial charge < -0.3 is 14.3 Å². The predicted molar refractivity (Wildman–Crippen MR) is 110 cm³/mol. The molecule has 8 heteroatoms. The summed E-state index contributed by atoms with van der Waals surface area (Å²) in [5.41, 5.74) is 1.42. The van der Waals surface area contributed by atoms with Gasteiger partial charge in [0.15, 0.2) is 11.0 Å². The number of hydrogen-bond acceptors (Lipinski definition) is 6. The Balaban J connectivity index is 1.65. The summed E-state index contributed by atoms with van der Waals surface area (Å²) in [5, 5.41) is 9.85. The van der Waals surface area contributed by atoms with Crippen LogP contribution in [-0.4, -0.2) is 31.8 Å². The summed E-state index contributed by atoms with van der Waals surface area (Å²) in [6, 6.07) is 15.0. The quantitative estimate of drug-likeness (QED) is 0.522. The Hall–Kier alpha value is -3.13. The molecule has 7 nitrogen and oxygen atoms in total. The Labute approximate surface area is 165 Å². The predicted octanol–water partition coefficient (Wildman–Crippen LogP) is 3.58. The lowest BCUT2D eigenvalue weighted by Gasteiger charge is -2.11. The van der Waals surface area contributed by atoms with Gasteiger partial charge in [0.2, 0.25) is 0 Å². The van der Waals surface area contributed by atoms with E-state index in [9.17, 15) is 4.79 Å². The highest BCUT2D eigenvalue weighted by Gasteiger charge is 2.19. The van der Waals surface area contributed by atoms with E-state index in [4.69, 9.17) is 4.74 Å². The Morgan fingerprint density at radius 1 is 1.11 bits per heavy atom. The fraction of sp³-hybridized carbons (Fsp3) is 0.200. The van der Waals surface area contributed by atoms with Crippen LogP contribution in [0.25, 0.3) is 22.3 Å². The van der Waals surface area contributed by atoms with Gasteiger partial charge in [0.1, 0.15) is 11.6 Å². The lowest BCUT2D eigenvalue weighted by atomic mass is 10.2. The van der Waals surface area contributed by atoms with Gasteiger partial charge in [-0.25, -0.2) is 4.98 Å². The monoisotopic (exact) mass is 393 g/mol. The molecule has 1 atom stereocenters. The molecule has 2 aromatic heterocycles. The van der Waals surface area contributed by atoms with Gasteiger partial charge in [-0.05, 0) is 31.2 Å². The van der Waals surface area contributed by atoms with Gasteiger partial charge in [-0.1, -0.05) is 36.0 Å². The van der Waals surface area contributed by atoms with Crippen molar-refractivity contribution in [3.05, 3.63) is 64.7 Å². The minimum atomic E-state index is -0.138. The maximum atomic E-state index is 12.3. The molecular formula is C20H19N5O2S. The number of aromatic amines is 1. The molecule has 0 spiro atoms. The average Bonchev–Trinajstić information content (AvgIpc) is 3.08. The Kier molecular flexibility index (Phi) is 4.87. The van der Waals surface area contributed by atoms with Gasteiger partial charge in [-0.15, -0.1) is 10.2 Å². The molecule has 0 saturated carbocycles. The lowest BCUT2D eigenvalue weighted by molar-refractivity contribution is 0.416. The molecule has 4 rings (SSSR count). The SMILES string of the molecule is COc1ccccc1-c1nnc(SC(C)c2nc3ccccc3c(=O)[nH]2)n1C. The Morgan fingerprint density at radius 3 is 2.68 bits per heavy atom. The molecule has 0 radical (unpaired) electrons. The van der Waals surface area contributed by atoms with Crippen LogP contribution in [0.5, 0.6) is 5.75 Å². The fourth-order valence-electron chi connectivity index (χ4n) is 2.99. The molecule has 0 bridgehead atoms. The first-order chi connectivity index (χ1) is 13.6. The highest BCUT2D eigenvalue weighted by atomic mass is 32.2. The van der Waals surface area contributed by atoms with Crippen LogP contribution >= 0.6 is 11.8 Å². The number of methoxy groups -OCH3 is 1. The molecule has 0 amide bonds. The Morgan fingerprint density at radius 2 is 1.86 bits per heavy atom. The standard InChI is InChI=1S/C20H19N5O2S/c1-12(17-21-15-10-6-4-8-13(15)19(26)22-17)28-20-24-23-18(25(20)2)14-9-5-7-11-16(14)27-3/h4-12H,1-3H3,(H,21,22,26). The molecule has 142 valence electrons. The van der Waals surface area contributed by atoms with Crippen molar-refractivity contribution in [3.63, 3.8) is 0 Å². The van der Waals surface area contributed by atoms with Gasteiger partial charge in [-0.3, -0.25) is 4.79 Å². The van der Waals surface area contributed by atoms with E-state index in [0.29, 0.717) is 22.6 Å². The van der Waals surface area contributed by atoms with Crippen molar-refractivity contribution in [1.29, 1.82) is 0 Å². The van der Waals surface area contributed by atoms with Crippen LogP contribution in [0.4, 0.5) is 0 Å². The molecule has 2 aromatic carbocycles. The number of benzene rings is 2. The van der Waals surface area contributed by atoms with Crippen LogP contribution in [0.1, 0.15) is 18.0 Å². The molecule has 0 fully saturated rings. The number of nitrogens with one attached hydrogen (secondary N) is 1. The topological polar surface area (TPSA) is 85.7 Å². The summed E-state index contributed by atoms with van der Waals surface area (Å²) in [7, 11) is 3.54. The Bertz CT molecular complexity index is 1200. The number of thioether (sulfide) groups is 1. The van der Waals surface area contributed by atoms with Crippen molar-refractivity contribution in [3.8, 4) is 17.1 Å². The number of fused-ring (bicyclic) bond motifs is 1. The number of H-pyrrole nitrogens is 1. The summed E-state index contributed by atoms with van der Waals surface area (Å²) in [5.74, 6) is 2.06. The third-order valence-electron chi connectivity index (χ3n) is 4.48. The van der Waals surface area contributed by atoms with Crippen LogP contribution < -0.4 is 10.3 Å². The zero-order chi connectivity index (χ0) is 19.7. The molecule has 0 aliphatic heterocycles. The van der Waals surface area contributed by atoms with E-state index in [1.807, 2.05) is 61.0 Å². The van der Waals surface area contributed by atoms with E-state index in [0.717, 1.165) is 16.5 Å². The summed E-state index contributed by atoms with van der Waals surface area (Å²) in [6.45, 7) is 1.98. The van der Waals surface area contributed by atoms with Gasteiger partial charge in [0.05, 0.1) is 28.8 Å². The van der Waals surface area contributed by atoms with E-state index in [1.54, 1.807) is 13.2 Å². The lowest BCUT2D eigenvalue weighted by Crippen LogP contribution is -2.13. The van der Waals surface area contributed by atoms with E-state index in [-0.39, 0.29) is 10.8 Å². The molecule has 0 aliphatic carbocycles. The van der Waals surface area contributed by atoms with Gasteiger partial charge in [-0.2, -0.15) is 0 Å². The molecule has 1 unspecified atom stereocenters. The third-order valence-corrected chi connectivity index (χ3v) is 5.62. The molecule has 4 aromatic rings. The van der Waals surface area contributed by atoms with Crippen LogP contribution in [0.2, 0.25) is 0 Å². The van der Waals surface area contributed by atoms with E-state index in [1.165, 1.54) is 11.8 Å². The number of ether oxygens (including phenoxy) is 1. The summed E-state index contributed by atoms with van der Waals surface area (Å²) >= 11 is 1.49. The van der Waals surface area contributed by atoms with Crippen LogP contribution in [0.15, 0.2) is 58.5 Å². The molecule has 28 heavy (non-hydrogen) atoms. The molecule has 0 saturated heterocycles.